The third-order valence-corrected chi connectivity index (χ3v) is 5.41. The van der Waals surface area contributed by atoms with Crippen LogP contribution in [0.25, 0.3) is 0 Å². The molecule has 0 aromatic carbocycles. The topological polar surface area (TPSA) is 98.0 Å². The standard InChI is InChI=1S/C22H38O5/c1-2-3-4-5-6-9-12-18-19(21(25)16-20(18)24)15-14-17(23)11-8-7-10-13-22(26)27/h6,9,14-15,17-21,23-25H,2-5,7-8,10-13,16H2,1H3,(H,26,27)/b9-6-,15-14+/t17-,18+,19+,20-,21+/m0/s1. The third-order valence-electron chi connectivity index (χ3n) is 5.41. The molecule has 0 amide bonds. The van der Waals surface area contributed by atoms with E-state index in [2.05, 4.69) is 19.1 Å². The smallest absolute Gasteiger partial charge is 0.303 e. The summed E-state index contributed by atoms with van der Waals surface area (Å²) in [5, 5.41) is 39.2. The number of carboxylic acid groups (broad SMARTS) is 1. The van der Waals surface area contributed by atoms with Gasteiger partial charge in [-0.1, -0.05) is 56.9 Å². The van der Waals surface area contributed by atoms with Gasteiger partial charge in [-0.25, -0.2) is 0 Å². The average molecular weight is 383 g/mol. The van der Waals surface area contributed by atoms with Gasteiger partial charge in [-0.15, -0.1) is 0 Å². The second-order valence-corrected chi connectivity index (χ2v) is 7.76. The minimum absolute atomic E-state index is 0.0126. The van der Waals surface area contributed by atoms with Gasteiger partial charge in [0.1, 0.15) is 0 Å². The van der Waals surface area contributed by atoms with Gasteiger partial charge < -0.3 is 20.4 Å². The molecule has 0 heterocycles. The van der Waals surface area contributed by atoms with Gasteiger partial charge in [0.15, 0.2) is 0 Å². The van der Waals surface area contributed by atoms with E-state index in [9.17, 15) is 20.1 Å². The molecule has 4 N–H and O–H groups in total. The first-order valence-corrected chi connectivity index (χ1v) is 10.5. The van der Waals surface area contributed by atoms with E-state index in [4.69, 9.17) is 5.11 Å². The molecule has 0 bridgehead atoms. The Labute approximate surface area is 163 Å². The van der Waals surface area contributed by atoms with Crippen LogP contribution in [0.1, 0.15) is 77.6 Å². The number of carbonyl (C=O) groups is 1. The molecule has 0 unspecified atom stereocenters. The van der Waals surface area contributed by atoms with Gasteiger partial charge in [-0.3, -0.25) is 4.79 Å². The lowest BCUT2D eigenvalue weighted by atomic mass is 9.89. The second kappa shape index (κ2) is 13.9. The van der Waals surface area contributed by atoms with Crippen LogP contribution >= 0.6 is 0 Å². The minimum Gasteiger partial charge on any atom is -0.481 e. The predicted octanol–water partition coefficient (Wildman–Crippen LogP) is 3.82. The Morgan fingerprint density at radius 2 is 1.85 bits per heavy atom. The SMILES string of the molecule is CCCCC/C=C\C[C@@H]1[C@@H](/C=C/[C@@H](O)CCCCCC(=O)O)[C@H](O)C[C@@H]1O. The van der Waals surface area contributed by atoms with Crippen LogP contribution in [-0.4, -0.2) is 44.7 Å². The van der Waals surface area contributed by atoms with Crippen molar-refractivity contribution in [2.75, 3.05) is 0 Å². The Balaban J connectivity index is 2.39. The summed E-state index contributed by atoms with van der Waals surface area (Å²) >= 11 is 0. The third kappa shape index (κ3) is 10.1. The van der Waals surface area contributed by atoms with Crippen LogP contribution < -0.4 is 0 Å². The van der Waals surface area contributed by atoms with Crippen LogP contribution in [0.5, 0.6) is 0 Å². The van der Waals surface area contributed by atoms with Crippen molar-refractivity contribution in [2.24, 2.45) is 11.8 Å². The maximum atomic E-state index is 10.5. The summed E-state index contributed by atoms with van der Waals surface area (Å²) in [6.45, 7) is 2.18. The molecule has 0 spiro atoms. The first-order valence-electron chi connectivity index (χ1n) is 10.5. The highest BCUT2D eigenvalue weighted by molar-refractivity contribution is 5.66. The van der Waals surface area contributed by atoms with Crippen molar-refractivity contribution >= 4 is 5.97 Å². The fourth-order valence-corrected chi connectivity index (χ4v) is 3.75. The Morgan fingerprint density at radius 3 is 2.56 bits per heavy atom. The maximum absolute atomic E-state index is 10.5. The lowest BCUT2D eigenvalue weighted by Crippen LogP contribution is -2.20. The van der Waals surface area contributed by atoms with E-state index >= 15 is 0 Å². The highest BCUT2D eigenvalue weighted by Crippen LogP contribution is 2.36. The number of hydrogen-bond acceptors (Lipinski definition) is 4. The minimum atomic E-state index is -0.783. The van der Waals surface area contributed by atoms with Gasteiger partial charge in [0.05, 0.1) is 18.3 Å². The lowest BCUT2D eigenvalue weighted by molar-refractivity contribution is -0.137. The number of allylic oxidation sites excluding steroid dienone is 2. The Bertz CT molecular complexity index is 460. The van der Waals surface area contributed by atoms with E-state index in [1.807, 2.05) is 6.08 Å². The zero-order chi connectivity index (χ0) is 20.1. The van der Waals surface area contributed by atoms with Crippen LogP contribution in [0.4, 0.5) is 0 Å². The van der Waals surface area contributed by atoms with Gasteiger partial charge in [-0.2, -0.15) is 0 Å². The molecule has 5 atom stereocenters. The number of unbranched alkanes of at least 4 members (excludes halogenated alkanes) is 5. The molecule has 5 heteroatoms. The summed E-state index contributed by atoms with van der Waals surface area (Å²) in [5.41, 5.74) is 0. The summed E-state index contributed by atoms with van der Waals surface area (Å²) in [6.07, 6.45) is 14.9. The first-order chi connectivity index (χ1) is 13.0. The van der Waals surface area contributed by atoms with Crippen molar-refractivity contribution in [1.29, 1.82) is 0 Å². The number of aliphatic hydroxyl groups excluding tert-OH is 3. The molecule has 27 heavy (non-hydrogen) atoms. The molecule has 0 radical (unpaired) electrons. The van der Waals surface area contributed by atoms with Gasteiger partial charge in [0, 0.05) is 18.8 Å². The van der Waals surface area contributed by atoms with Gasteiger partial charge >= 0.3 is 5.97 Å². The van der Waals surface area contributed by atoms with E-state index < -0.39 is 24.3 Å². The fraction of sp³-hybridized carbons (Fsp3) is 0.773. The molecule has 0 aromatic rings. The maximum Gasteiger partial charge on any atom is 0.303 e. The molecule has 156 valence electrons. The van der Waals surface area contributed by atoms with Crippen molar-refractivity contribution in [3.05, 3.63) is 24.3 Å². The van der Waals surface area contributed by atoms with Gasteiger partial charge in [0.2, 0.25) is 0 Å². The average Bonchev–Trinajstić information content (AvgIpc) is 2.88. The summed E-state index contributed by atoms with van der Waals surface area (Å²) in [6, 6.07) is 0. The van der Waals surface area contributed by atoms with Crippen molar-refractivity contribution in [3.8, 4) is 0 Å². The van der Waals surface area contributed by atoms with Crippen molar-refractivity contribution in [2.45, 2.75) is 95.9 Å². The van der Waals surface area contributed by atoms with Crippen molar-refractivity contribution in [1.82, 2.24) is 0 Å². The van der Waals surface area contributed by atoms with Gasteiger partial charge in [0.25, 0.3) is 0 Å². The number of aliphatic carboxylic acids is 1. The highest BCUT2D eigenvalue weighted by Gasteiger charge is 2.39. The van der Waals surface area contributed by atoms with E-state index in [1.165, 1.54) is 19.3 Å². The molecular formula is C22H38O5. The van der Waals surface area contributed by atoms with Crippen LogP contribution in [-0.2, 0) is 4.79 Å². The molecule has 1 aliphatic rings. The molecule has 1 rings (SSSR count). The number of rotatable bonds is 14. The molecule has 5 nitrogen and oxygen atoms in total. The molecular weight excluding hydrogens is 344 g/mol. The number of hydrogen-bond donors (Lipinski definition) is 4. The summed E-state index contributed by atoms with van der Waals surface area (Å²) < 4.78 is 0. The highest BCUT2D eigenvalue weighted by atomic mass is 16.4. The summed E-state index contributed by atoms with van der Waals surface area (Å²) in [5.74, 6) is -0.932. The zero-order valence-electron chi connectivity index (χ0n) is 16.7. The monoisotopic (exact) mass is 382 g/mol. The van der Waals surface area contributed by atoms with Crippen LogP contribution in [0.2, 0.25) is 0 Å². The van der Waals surface area contributed by atoms with E-state index in [-0.39, 0.29) is 18.3 Å². The van der Waals surface area contributed by atoms with Crippen molar-refractivity contribution in [3.63, 3.8) is 0 Å². The lowest BCUT2D eigenvalue weighted by Gasteiger charge is -2.19. The fourth-order valence-electron chi connectivity index (χ4n) is 3.75. The molecule has 1 aliphatic carbocycles. The number of aliphatic hydroxyl groups is 3. The van der Waals surface area contributed by atoms with Crippen LogP contribution in [0, 0.1) is 11.8 Å². The molecule has 0 aromatic heterocycles. The predicted molar refractivity (Wildman–Crippen MR) is 107 cm³/mol. The van der Waals surface area contributed by atoms with E-state index in [0.29, 0.717) is 19.3 Å². The van der Waals surface area contributed by atoms with Gasteiger partial charge in [-0.05, 0) is 38.0 Å². The first kappa shape index (κ1) is 23.9. The normalized spacial score (nSPS) is 27.0. The summed E-state index contributed by atoms with van der Waals surface area (Å²) in [7, 11) is 0. The molecule has 1 fully saturated rings. The van der Waals surface area contributed by atoms with E-state index in [1.54, 1.807) is 6.08 Å². The number of carboxylic acids is 1. The Kier molecular flexibility index (Phi) is 12.3. The molecule has 0 aliphatic heterocycles. The Morgan fingerprint density at radius 1 is 1.07 bits per heavy atom. The second-order valence-electron chi connectivity index (χ2n) is 7.76. The van der Waals surface area contributed by atoms with E-state index in [0.717, 1.165) is 25.7 Å². The summed E-state index contributed by atoms with van der Waals surface area (Å²) in [4.78, 5) is 10.5. The Hall–Kier alpha value is -1.17. The largest absolute Gasteiger partial charge is 0.481 e. The van der Waals surface area contributed by atoms with Crippen LogP contribution in [0.3, 0.4) is 0 Å². The van der Waals surface area contributed by atoms with Crippen molar-refractivity contribution < 1.29 is 25.2 Å². The zero-order valence-corrected chi connectivity index (χ0v) is 16.7. The quantitative estimate of drug-likeness (QED) is 0.270. The molecule has 1 saturated carbocycles. The molecule has 0 saturated heterocycles. The van der Waals surface area contributed by atoms with Crippen LogP contribution in [0.15, 0.2) is 24.3 Å².